The van der Waals surface area contributed by atoms with Crippen LogP contribution in [0.2, 0.25) is 0 Å². The van der Waals surface area contributed by atoms with Crippen molar-refractivity contribution in [2.24, 2.45) is 4.99 Å². The van der Waals surface area contributed by atoms with Gasteiger partial charge in [-0.2, -0.15) is 0 Å². The number of hydrogen-bond acceptors (Lipinski definition) is 5. The molecule has 0 fully saturated rings. The molecular formula is C18H33IN4O2S. The van der Waals surface area contributed by atoms with Gasteiger partial charge in [-0.1, -0.05) is 12.8 Å². The third-order valence-electron chi connectivity index (χ3n) is 3.63. The van der Waals surface area contributed by atoms with Crippen LogP contribution in [0.15, 0.2) is 4.99 Å². The second-order valence-corrected chi connectivity index (χ2v) is 7.12. The first kappa shape index (κ1) is 25.1. The first-order valence-electron chi connectivity index (χ1n) is 9.17. The van der Waals surface area contributed by atoms with Crippen molar-refractivity contribution < 1.29 is 9.53 Å². The van der Waals surface area contributed by atoms with E-state index in [4.69, 9.17) is 4.74 Å². The molecule has 1 aromatic rings. The summed E-state index contributed by atoms with van der Waals surface area (Å²) in [6.45, 7) is 10.8. The van der Waals surface area contributed by atoms with Crippen LogP contribution in [-0.2, 0) is 16.1 Å². The van der Waals surface area contributed by atoms with E-state index in [1.165, 1.54) is 4.88 Å². The number of halogens is 1. The molecule has 2 N–H and O–H groups in total. The smallest absolute Gasteiger partial charge is 0.305 e. The Morgan fingerprint density at radius 1 is 1.15 bits per heavy atom. The summed E-state index contributed by atoms with van der Waals surface area (Å²) in [4.78, 5) is 21.5. The molecule has 0 atom stereocenters. The van der Waals surface area contributed by atoms with E-state index >= 15 is 0 Å². The summed E-state index contributed by atoms with van der Waals surface area (Å²) >= 11 is 1.71. The Hall–Kier alpha value is -0.900. The van der Waals surface area contributed by atoms with E-state index in [1.807, 2.05) is 20.8 Å². The number of aryl methyl sites for hydroxylation is 2. The van der Waals surface area contributed by atoms with Crippen LogP contribution >= 0.6 is 35.3 Å². The Kier molecular flexibility index (Phi) is 14.7. The van der Waals surface area contributed by atoms with Crippen LogP contribution in [0.3, 0.4) is 0 Å². The first-order valence-corrected chi connectivity index (χ1v) is 9.99. The molecule has 0 saturated carbocycles. The van der Waals surface area contributed by atoms with Crippen LogP contribution in [-0.4, -0.2) is 36.6 Å². The lowest BCUT2D eigenvalue weighted by Gasteiger charge is -2.11. The van der Waals surface area contributed by atoms with Crippen molar-refractivity contribution >= 4 is 47.2 Å². The molecule has 26 heavy (non-hydrogen) atoms. The van der Waals surface area contributed by atoms with Crippen molar-refractivity contribution in [1.29, 1.82) is 0 Å². The Balaban J connectivity index is 0.00000625. The zero-order valence-electron chi connectivity index (χ0n) is 16.4. The first-order chi connectivity index (χ1) is 12.1. The molecular weight excluding hydrogens is 463 g/mol. The Bertz CT molecular complexity index is 549. The molecule has 0 unspecified atom stereocenters. The zero-order valence-corrected chi connectivity index (χ0v) is 19.5. The molecule has 0 amide bonds. The molecule has 0 radical (unpaired) electrons. The molecule has 0 aliphatic rings. The second-order valence-electron chi connectivity index (χ2n) is 5.83. The normalized spacial score (nSPS) is 11.0. The number of ether oxygens (including phenoxy) is 1. The van der Waals surface area contributed by atoms with Crippen molar-refractivity contribution in [3.63, 3.8) is 0 Å². The molecule has 0 aliphatic heterocycles. The highest BCUT2D eigenvalue weighted by Crippen LogP contribution is 2.17. The number of carbonyl (C=O) groups excluding carboxylic acids is 1. The van der Waals surface area contributed by atoms with Gasteiger partial charge in [-0.05, 0) is 40.5 Å². The van der Waals surface area contributed by atoms with Crippen LogP contribution in [0.25, 0.3) is 0 Å². The third-order valence-corrected chi connectivity index (χ3v) is 4.69. The topological polar surface area (TPSA) is 75.6 Å². The minimum atomic E-state index is -0.0872. The number of hydrogen-bond donors (Lipinski definition) is 2. The van der Waals surface area contributed by atoms with Crippen LogP contribution < -0.4 is 10.6 Å². The molecule has 1 aromatic heterocycles. The molecule has 8 heteroatoms. The molecule has 1 heterocycles. The van der Waals surface area contributed by atoms with Crippen LogP contribution in [0.5, 0.6) is 0 Å². The number of rotatable bonds is 11. The van der Waals surface area contributed by atoms with Gasteiger partial charge >= 0.3 is 5.97 Å². The highest BCUT2D eigenvalue weighted by atomic mass is 127. The molecule has 6 nitrogen and oxygen atoms in total. The van der Waals surface area contributed by atoms with E-state index in [0.29, 0.717) is 19.6 Å². The fourth-order valence-corrected chi connectivity index (χ4v) is 3.26. The number of nitrogens with zero attached hydrogens (tertiary/aromatic N) is 2. The lowest BCUT2D eigenvalue weighted by molar-refractivity contribution is -0.143. The molecule has 150 valence electrons. The number of nitrogens with one attached hydrogen (secondary N) is 2. The average Bonchev–Trinajstić information content (AvgIpc) is 2.89. The molecule has 0 bridgehead atoms. The number of unbranched alkanes of at least 4 members (excludes halogenated alkanes) is 3. The fourth-order valence-electron chi connectivity index (χ4n) is 2.40. The van der Waals surface area contributed by atoms with Gasteiger partial charge in [0.2, 0.25) is 0 Å². The average molecular weight is 496 g/mol. The van der Waals surface area contributed by atoms with Gasteiger partial charge < -0.3 is 15.4 Å². The molecule has 0 saturated heterocycles. The predicted molar refractivity (Wildman–Crippen MR) is 120 cm³/mol. The minimum Gasteiger partial charge on any atom is -0.466 e. The van der Waals surface area contributed by atoms with Crippen LogP contribution in [0, 0.1) is 13.8 Å². The van der Waals surface area contributed by atoms with Gasteiger partial charge in [-0.25, -0.2) is 9.98 Å². The Morgan fingerprint density at radius 2 is 1.88 bits per heavy atom. The Labute approximate surface area is 178 Å². The molecule has 0 aromatic carbocycles. The lowest BCUT2D eigenvalue weighted by Crippen LogP contribution is -2.37. The quantitative estimate of drug-likeness (QED) is 0.160. The summed E-state index contributed by atoms with van der Waals surface area (Å²) in [6, 6.07) is 0. The van der Waals surface area contributed by atoms with Gasteiger partial charge in [0.25, 0.3) is 0 Å². The van der Waals surface area contributed by atoms with Crippen molar-refractivity contribution in [1.82, 2.24) is 15.6 Å². The number of aromatic nitrogens is 1. The summed E-state index contributed by atoms with van der Waals surface area (Å²) in [5, 5.41) is 7.73. The highest BCUT2D eigenvalue weighted by Gasteiger charge is 2.05. The van der Waals surface area contributed by atoms with Gasteiger partial charge in [0, 0.05) is 24.4 Å². The monoisotopic (exact) mass is 496 g/mol. The van der Waals surface area contributed by atoms with Gasteiger partial charge in [0.1, 0.15) is 0 Å². The maximum atomic E-state index is 11.2. The van der Waals surface area contributed by atoms with Crippen molar-refractivity contribution in [3.05, 3.63) is 15.6 Å². The van der Waals surface area contributed by atoms with Gasteiger partial charge in [-0.15, -0.1) is 35.3 Å². The fraction of sp³-hybridized carbons (Fsp3) is 0.722. The number of aliphatic imine (C=N–C) groups is 1. The van der Waals surface area contributed by atoms with E-state index < -0.39 is 0 Å². The molecule has 0 aliphatic carbocycles. The zero-order chi connectivity index (χ0) is 18.5. The van der Waals surface area contributed by atoms with E-state index in [0.717, 1.165) is 55.4 Å². The maximum Gasteiger partial charge on any atom is 0.305 e. The Morgan fingerprint density at radius 3 is 2.50 bits per heavy atom. The minimum absolute atomic E-state index is 0. The van der Waals surface area contributed by atoms with Gasteiger partial charge in [-0.3, -0.25) is 4.79 Å². The predicted octanol–water partition coefficient (Wildman–Crippen LogP) is 3.95. The summed E-state index contributed by atoms with van der Waals surface area (Å²) in [7, 11) is 0. The summed E-state index contributed by atoms with van der Waals surface area (Å²) in [5.41, 5.74) is 1.07. The van der Waals surface area contributed by atoms with E-state index in [9.17, 15) is 4.79 Å². The number of carbonyl (C=O) groups is 1. The van der Waals surface area contributed by atoms with Gasteiger partial charge in [0.15, 0.2) is 5.96 Å². The standard InChI is InChI=1S/C18H32N4O2S.HI/c1-5-19-18(21-13-16-14(3)22-15(4)25-16)20-12-10-8-7-9-11-17(23)24-6-2;/h5-13H2,1-4H3,(H2,19,20,21);1H. The number of esters is 1. The number of guanidine groups is 1. The summed E-state index contributed by atoms with van der Waals surface area (Å²) < 4.78 is 4.92. The van der Waals surface area contributed by atoms with Crippen molar-refractivity contribution in [3.8, 4) is 0 Å². The molecule has 0 spiro atoms. The van der Waals surface area contributed by atoms with Crippen molar-refractivity contribution in [2.45, 2.75) is 66.3 Å². The summed E-state index contributed by atoms with van der Waals surface area (Å²) in [6.07, 6.45) is 4.63. The number of thiazole rings is 1. The van der Waals surface area contributed by atoms with Crippen LogP contribution in [0.1, 0.15) is 61.5 Å². The van der Waals surface area contributed by atoms with E-state index in [2.05, 4.69) is 27.5 Å². The lowest BCUT2D eigenvalue weighted by atomic mass is 10.1. The molecule has 1 rings (SSSR count). The second kappa shape index (κ2) is 15.2. The largest absolute Gasteiger partial charge is 0.466 e. The van der Waals surface area contributed by atoms with E-state index in [1.54, 1.807) is 11.3 Å². The summed E-state index contributed by atoms with van der Waals surface area (Å²) in [5.74, 6) is 0.760. The highest BCUT2D eigenvalue weighted by molar-refractivity contribution is 14.0. The maximum absolute atomic E-state index is 11.2. The van der Waals surface area contributed by atoms with E-state index in [-0.39, 0.29) is 29.9 Å². The van der Waals surface area contributed by atoms with Crippen molar-refractivity contribution in [2.75, 3.05) is 19.7 Å². The van der Waals surface area contributed by atoms with Gasteiger partial charge in [0.05, 0.1) is 23.9 Å². The van der Waals surface area contributed by atoms with Crippen LogP contribution in [0.4, 0.5) is 0 Å². The SMILES string of the molecule is CCNC(=NCc1sc(C)nc1C)NCCCCCCC(=O)OCC.I. The third kappa shape index (κ3) is 10.9.